The number of hydrogen-bond donors (Lipinski definition) is 0. The predicted molar refractivity (Wildman–Crippen MR) is 130 cm³/mol. The molecular formula is C28H20N2O5. The first-order valence-electron chi connectivity index (χ1n) is 11.4. The smallest absolute Gasteiger partial charge is 0.269 e. The lowest BCUT2D eigenvalue weighted by molar-refractivity contribution is -0.384. The van der Waals surface area contributed by atoms with Gasteiger partial charge >= 0.3 is 0 Å². The van der Waals surface area contributed by atoms with Crippen LogP contribution in [0.15, 0.2) is 78.9 Å². The molecule has 2 aliphatic heterocycles. The van der Waals surface area contributed by atoms with E-state index in [0.717, 1.165) is 11.3 Å². The summed E-state index contributed by atoms with van der Waals surface area (Å²) in [4.78, 5) is 54.8. The third-order valence-electron chi connectivity index (χ3n) is 7.57. The summed E-state index contributed by atoms with van der Waals surface area (Å²) in [5, 5.41) is 11.6. The molecule has 0 aromatic heterocycles. The minimum Gasteiger partial charge on any atom is -0.352 e. The minimum atomic E-state index is -1.63. The molecule has 1 aliphatic carbocycles. The van der Waals surface area contributed by atoms with E-state index in [1.807, 2.05) is 41.3 Å². The van der Waals surface area contributed by atoms with Crippen molar-refractivity contribution in [3.05, 3.63) is 111 Å². The number of ketones is 3. The number of carbonyl (C=O) groups excluding carboxylic acids is 3. The lowest BCUT2D eigenvalue weighted by Gasteiger charge is -2.37. The number of Topliss-reactive ketones (excluding diaryl/α,β-unsaturated/α-hetero) is 3. The second-order valence-corrected chi connectivity index (χ2v) is 9.23. The highest BCUT2D eigenvalue weighted by Gasteiger charge is 2.71. The molecule has 0 N–H and O–H groups in total. The van der Waals surface area contributed by atoms with Gasteiger partial charge in [0.2, 0.25) is 0 Å². The van der Waals surface area contributed by atoms with Gasteiger partial charge in [0.15, 0.2) is 17.3 Å². The van der Waals surface area contributed by atoms with E-state index in [-0.39, 0.29) is 23.0 Å². The Kier molecular flexibility index (Phi) is 4.42. The molecule has 6 rings (SSSR count). The van der Waals surface area contributed by atoms with E-state index in [4.69, 9.17) is 0 Å². The molecule has 3 atom stereocenters. The fraction of sp³-hybridized carbons (Fsp3) is 0.179. The van der Waals surface area contributed by atoms with Crippen LogP contribution in [0.5, 0.6) is 0 Å². The first kappa shape index (κ1) is 21.2. The Morgan fingerprint density at radius 3 is 2.26 bits per heavy atom. The van der Waals surface area contributed by atoms with E-state index in [2.05, 4.69) is 0 Å². The van der Waals surface area contributed by atoms with Crippen LogP contribution in [0.3, 0.4) is 0 Å². The van der Waals surface area contributed by atoms with Gasteiger partial charge in [-0.3, -0.25) is 24.5 Å². The molecular weight excluding hydrogens is 444 g/mol. The molecule has 172 valence electrons. The Bertz CT molecular complexity index is 1450. The van der Waals surface area contributed by atoms with Crippen LogP contribution in [-0.4, -0.2) is 34.4 Å². The summed E-state index contributed by atoms with van der Waals surface area (Å²) in [6.45, 7) is 1.45. The van der Waals surface area contributed by atoms with Crippen LogP contribution in [0.4, 0.5) is 11.4 Å². The van der Waals surface area contributed by atoms with Crippen LogP contribution in [-0.2, 0) is 4.79 Å². The van der Waals surface area contributed by atoms with E-state index in [0.29, 0.717) is 16.7 Å². The third kappa shape index (κ3) is 2.63. The molecule has 0 saturated carbocycles. The molecule has 7 nitrogen and oxygen atoms in total. The summed E-state index contributed by atoms with van der Waals surface area (Å²) in [7, 11) is 0. The van der Waals surface area contributed by atoms with Crippen LogP contribution in [0, 0.1) is 15.5 Å². The third-order valence-corrected chi connectivity index (χ3v) is 7.57. The average Bonchev–Trinajstić information content (AvgIpc) is 3.31. The topological polar surface area (TPSA) is 97.6 Å². The van der Waals surface area contributed by atoms with Crippen molar-refractivity contribution in [3.8, 4) is 0 Å². The van der Waals surface area contributed by atoms with E-state index in [9.17, 15) is 24.5 Å². The summed E-state index contributed by atoms with van der Waals surface area (Å²) in [5.41, 5.74) is 0.919. The maximum Gasteiger partial charge on any atom is 0.269 e. The van der Waals surface area contributed by atoms with Gasteiger partial charge in [0, 0.05) is 34.9 Å². The molecule has 1 spiro atoms. The number of nitro benzene ring substituents is 1. The monoisotopic (exact) mass is 464 g/mol. The molecule has 3 aromatic carbocycles. The fourth-order valence-corrected chi connectivity index (χ4v) is 6.28. The van der Waals surface area contributed by atoms with Crippen LogP contribution < -0.4 is 4.90 Å². The number of nitro groups is 1. The molecule has 7 heteroatoms. The van der Waals surface area contributed by atoms with E-state index >= 15 is 0 Å². The van der Waals surface area contributed by atoms with E-state index in [1.165, 1.54) is 25.1 Å². The first-order valence-corrected chi connectivity index (χ1v) is 11.4. The molecule has 1 saturated heterocycles. The molecule has 3 unspecified atom stereocenters. The molecule has 3 aliphatic rings. The quantitative estimate of drug-likeness (QED) is 0.319. The van der Waals surface area contributed by atoms with Crippen molar-refractivity contribution >= 4 is 34.8 Å². The summed E-state index contributed by atoms with van der Waals surface area (Å²) in [5.74, 6) is -1.83. The second-order valence-electron chi connectivity index (χ2n) is 9.23. The van der Waals surface area contributed by atoms with Crippen LogP contribution in [0.2, 0.25) is 0 Å². The first-order chi connectivity index (χ1) is 16.9. The number of benzene rings is 3. The SMILES string of the molecule is CC(=O)C1C(c2cccc([N+](=O)[O-])c2)C2(C(=O)c3ccccc3C2=O)C2C=Cc3ccccc3N12. The molecule has 3 aromatic rings. The average molecular weight is 464 g/mol. The number of non-ortho nitro benzene ring substituents is 1. The highest BCUT2D eigenvalue weighted by molar-refractivity contribution is 6.32. The minimum absolute atomic E-state index is 0.156. The van der Waals surface area contributed by atoms with Crippen molar-refractivity contribution in [1.29, 1.82) is 0 Å². The van der Waals surface area contributed by atoms with Crippen molar-refractivity contribution in [3.63, 3.8) is 0 Å². The summed E-state index contributed by atoms with van der Waals surface area (Å²) in [6, 6.07) is 18.6. The fourth-order valence-electron chi connectivity index (χ4n) is 6.28. The largest absolute Gasteiger partial charge is 0.352 e. The van der Waals surface area contributed by atoms with Crippen molar-refractivity contribution in [2.75, 3.05) is 4.90 Å². The Hall–Kier alpha value is -4.39. The van der Waals surface area contributed by atoms with Crippen LogP contribution >= 0.6 is 0 Å². The highest BCUT2D eigenvalue weighted by Crippen LogP contribution is 2.60. The number of anilines is 1. The Balaban J connectivity index is 1.69. The maximum absolute atomic E-state index is 14.2. The van der Waals surface area contributed by atoms with Gasteiger partial charge in [-0.05, 0) is 24.1 Å². The van der Waals surface area contributed by atoms with Gasteiger partial charge in [-0.1, -0.05) is 66.7 Å². The van der Waals surface area contributed by atoms with Crippen molar-refractivity contribution in [2.24, 2.45) is 5.41 Å². The Morgan fingerprint density at radius 2 is 1.60 bits per heavy atom. The highest BCUT2D eigenvalue weighted by atomic mass is 16.6. The molecule has 0 amide bonds. The van der Waals surface area contributed by atoms with E-state index in [1.54, 1.807) is 30.3 Å². The standard InChI is InChI=1S/C28H20N2O5/c1-16(31)25-24(18-8-6-9-19(15-18)30(34)35)28(26(32)20-10-3-4-11-21(20)27(28)33)23-14-13-17-7-2-5-12-22(17)29(23)25/h2-15,23-25H,1H3. The number of nitrogens with zero attached hydrogens (tertiary/aromatic N) is 2. The number of carbonyl (C=O) groups is 3. The van der Waals surface area contributed by atoms with Gasteiger partial charge in [-0.2, -0.15) is 0 Å². The normalized spacial score (nSPS) is 23.2. The molecule has 0 bridgehead atoms. The maximum atomic E-state index is 14.2. The van der Waals surface area contributed by atoms with Crippen molar-refractivity contribution in [1.82, 2.24) is 0 Å². The van der Waals surface area contributed by atoms with Gasteiger partial charge in [0.1, 0.15) is 5.41 Å². The van der Waals surface area contributed by atoms with Crippen molar-refractivity contribution in [2.45, 2.75) is 24.9 Å². The number of fused-ring (bicyclic) bond motifs is 5. The number of hydrogen-bond acceptors (Lipinski definition) is 6. The number of rotatable bonds is 3. The van der Waals surface area contributed by atoms with Gasteiger partial charge < -0.3 is 4.90 Å². The molecule has 35 heavy (non-hydrogen) atoms. The Labute approximate surface area is 200 Å². The summed E-state index contributed by atoms with van der Waals surface area (Å²) >= 11 is 0. The zero-order valence-electron chi connectivity index (χ0n) is 18.8. The zero-order valence-corrected chi connectivity index (χ0v) is 18.8. The van der Waals surface area contributed by atoms with Crippen LogP contribution in [0.25, 0.3) is 6.08 Å². The summed E-state index contributed by atoms with van der Waals surface area (Å²) < 4.78 is 0. The summed E-state index contributed by atoms with van der Waals surface area (Å²) in [6.07, 6.45) is 3.71. The second kappa shape index (κ2) is 7.30. The van der Waals surface area contributed by atoms with Gasteiger partial charge in [-0.15, -0.1) is 0 Å². The lowest BCUT2D eigenvalue weighted by Crippen LogP contribution is -2.48. The molecule has 0 radical (unpaired) electrons. The lowest BCUT2D eigenvalue weighted by atomic mass is 9.64. The van der Waals surface area contributed by atoms with Gasteiger partial charge in [-0.25, -0.2) is 0 Å². The van der Waals surface area contributed by atoms with Gasteiger partial charge in [0.25, 0.3) is 5.69 Å². The Morgan fingerprint density at radius 1 is 0.943 bits per heavy atom. The van der Waals surface area contributed by atoms with E-state index < -0.39 is 28.3 Å². The van der Waals surface area contributed by atoms with Crippen LogP contribution in [0.1, 0.15) is 44.7 Å². The van der Waals surface area contributed by atoms with Gasteiger partial charge in [0.05, 0.1) is 17.0 Å². The zero-order chi connectivity index (χ0) is 24.5. The van der Waals surface area contributed by atoms with Crippen molar-refractivity contribution < 1.29 is 19.3 Å². The number of para-hydroxylation sites is 1. The predicted octanol–water partition coefficient (Wildman–Crippen LogP) is 4.62. The molecule has 1 fully saturated rings. The molecule has 2 heterocycles.